The number of rotatable bonds is 9. The molecule has 0 saturated carbocycles. The summed E-state index contributed by atoms with van der Waals surface area (Å²) < 4.78 is 3.48. The zero-order chi connectivity index (χ0) is 22.5. The number of aromatic nitrogens is 5. The fourth-order valence-electron chi connectivity index (χ4n) is 2.85. The van der Waals surface area contributed by atoms with Crippen LogP contribution in [-0.4, -0.2) is 41.1 Å². The van der Waals surface area contributed by atoms with Gasteiger partial charge in [0.1, 0.15) is 5.82 Å². The van der Waals surface area contributed by atoms with E-state index >= 15 is 0 Å². The van der Waals surface area contributed by atoms with Crippen LogP contribution in [0.15, 0.2) is 29.4 Å². The first kappa shape index (κ1) is 23.0. The van der Waals surface area contributed by atoms with Crippen LogP contribution in [0.2, 0.25) is 10.0 Å². The van der Waals surface area contributed by atoms with Gasteiger partial charge in [0.15, 0.2) is 5.16 Å². The molecule has 31 heavy (non-hydrogen) atoms. The van der Waals surface area contributed by atoms with E-state index in [0.29, 0.717) is 51.9 Å². The molecule has 0 radical (unpaired) electrons. The maximum absolute atomic E-state index is 12.3. The quantitative estimate of drug-likeness (QED) is 0.277. The van der Waals surface area contributed by atoms with Crippen molar-refractivity contribution in [3.05, 3.63) is 55.9 Å². The van der Waals surface area contributed by atoms with Gasteiger partial charge in [-0.1, -0.05) is 35.0 Å². The van der Waals surface area contributed by atoms with Crippen LogP contribution in [-0.2, 0) is 24.3 Å². The maximum atomic E-state index is 12.3. The van der Waals surface area contributed by atoms with Gasteiger partial charge in [0, 0.05) is 18.0 Å². The highest BCUT2D eigenvalue weighted by atomic mass is 35.5. The Morgan fingerprint density at radius 3 is 2.71 bits per heavy atom. The van der Waals surface area contributed by atoms with Gasteiger partial charge in [-0.15, -0.1) is 10.2 Å². The Bertz CT molecular complexity index is 1120. The van der Waals surface area contributed by atoms with Crippen LogP contribution in [0.4, 0.5) is 11.5 Å². The van der Waals surface area contributed by atoms with Crippen molar-refractivity contribution in [2.45, 2.75) is 38.5 Å². The molecule has 2 aromatic heterocycles. The number of anilines is 1. The third-order valence-corrected chi connectivity index (χ3v) is 5.86. The van der Waals surface area contributed by atoms with E-state index in [4.69, 9.17) is 23.2 Å². The summed E-state index contributed by atoms with van der Waals surface area (Å²) in [4.78, 5) is 22.6. The van der Waals surface area contributed by atoms with Crippen LogP contribution in [0, 0.1) is 17.0 Å². The van der Waals surface area contributed by atoms with Crippen molar-refractivity contribution in [1.82, 2.24) is 24.5 Å². The molecule has 0 aliphatic rings. The topological polar surface area (TPSA) is 121 Å². The lowest BCUT2D eigenvalue weighted by Gasteiger charge is -2.09. The molecule has 2 heterocycles. The molecule has 3 rings (SSSR count). The van der Waals surface area contributed by atoms with Gasteiger partial charge in [0.25, 0.3) is 0 Å². The van der Waals surface area contributed by atoms with Crippen molar-refractivity contribution < 1.29 is 9.72 Å². The molecule has 164 valence electrons. The van der Waals surface area contributed by atoms with Crippen LogP contribution >= 0.6 is 35.0 Å². The molecule has 0 aliphatic heterocycles. The maximum Gasteiger partial charge on any atom is 0.390 e. The zero-order valence-corrected chi connectivity index (χ0v) is 19.0. The number of thioether (sulfide) groups is 1. The molecular formula is C18H19Cl2N7O3S. The van der Waals surface area contributed by atoms with Gasteiger partial charge in [-0.05, 0) is 37.0 Å². The Kier molecular flexibility index (Phi) is 7.52. The van der Waals surface area contributed by atoms with Crippen molar-refractivity contribution in [3.63, 3.8) is 0 Å². The second-order valence-electron chi connectivity index (χ2n) is 6.48. The molecule has 0 atom stereocenters. The average Bonchev–Trinajstić information content (AvgIpc) is 3.29. The van der Waals surface area contributed by atoms with E-state index in [9.17, 15) is 14.9 Å². The molecule has 1 aromatic carbocycles. The number of amides is 1. The summed E-state index contributed by atoms with van der Waals surface area (Å²) in [6, 6.07) is 6.27. The first-order valence-corrected chi connectivity index (χ1v) is 11.0. The number of carbonyl (C=O) groups excluding carboxylic acids is 1. The third-order valence-electron chi connectivity index (χ3n) is 4.35. The highest BCUT2D eigenvalue weighted by molar-refractivity contribution is 7.99. The van der Waals surface area contributed by atoms with Crippen molar-refractivity contribution >= 4 is 52.4 Å². The summed E-state index contributed by atoms with van der Waals surface area (Å²) in [5, 5.41) is 27.4. The van der Waals surface area contributed by atoms with Gasteiger partial charge in [0.05, 0.1) is 39.9 Å². The summed E-state index contributed by atoms with van der Waals surface area (Å²) in [6.45, 7) is 4.76. The fraction of sp³-hybridized carbons (Fsp3) is 0.333. The smallest absolute Gasteiger partial charge is 0.358 e. The van der Waals surface area contributed by atoms with Gasteiger partial charge in [0.2, 0.25) is 5.91 Å². The fourth-order valence-corrected chi connectivity index (χ4v) is 4.13. The van der Waals surface area contributed by atoms with Crippen LogP contribution < -0.4 is 5.32 Å². The monoisotopic (exact) mass is 483 g/mol. The second kappa shape index (κ2) is 10.1. The lowest BCUT2D eigenvalue weighted by atomic mass is 10.3. The molecule has 0 fully saturated rings. The van der Waals surface area contributed by atoms with Crippen molar-refractivity contribution in [3.8, 4) is 0 Å². The minimum Gasteiger partial charge on any atom is -0.358 e. The van der Waals surface area contributed by atoms with E-state index in [0.717, 1.165) is 0 Å². The minimum absolute atomic E-state index is 0.127. The highest BCUT2D eigenvalue weighted by Gasteiger charge is 2.18. The number of aryl methyl sites for hydroxylation is 3. The van der Waals surface area contributed by atoms with Crippen LogP contribution in [0.5, 0.6) is 0 Å². The predicted molar refractivity (Wildman–Crippen MR) is 119 cm³/mol. The molecule has 0 saturated heterocycles. The van der Waals surface area contributed by atoms with Gasteiger partial charge >= 0.3 is 5.82 Å². The van der Waals surface area contributed by atoms with Crippen molar-refractivity contribution in [2.24, 2.45) is 0 Å². The Hall–Kier alpha value is -2.63. The molecule has 13 heteroatoms. The van der Waals surface area contributed by atoms with Crippen molar-refractivity contribution in [2.75, 3.05) is 11.1 Å². The van der Waals surface area contributed by atoms with E-state index in [1.54, 1.807) is 29.8 Å². The van der Waals surface area contributed by atoms with Gasteiger partial charge < -0.3 is 20.0 Å². The largest absolute Gasteiger partial charge is 0.390 e. The molecule has 10 nitrogen and oxygen atoms in total. The van der Waals surface area contributed by atoms with Gasteiger partial charge in [-0.3, -0.25) is 4.79 Å². The molecule has 0 bridgehead atoms. The van der Waals surface area contributed by atoms with E-state index in [2.05, 4.69) is 20.6 Å². The number of carbonyl (C=O) groups is 1. The molecule has 0 aliphatic carbocycles. The van der Waals surface area contributed by atoms with Crippen LogP contribution in [0.25, 0.3) is 0 Å². The number of hydrogen-bond acceptors (Lipinski definition) is 7. The number of hydrogen-bond donors (Lipinski definition) is 1. The molecule has 1 N–H and O–H groups in total. The van der Waals surface area contributed by atoms with Gasteiger partial charge in [-0.2, -0.15) is 4.68 Å². The Labute approximate surface area is 192 Å². The molecule has 3 aromatic rings. The highest BCUT2D eigenvalue weighted by Crippen LogP contribution is 2.26. The first-order chi connectivity index (χ1) is 14.8. The summed E-state index contributed by atoms with van der Waals surface area (Å²) in [5.74, 6) is 0.420. The summed E-state index contributed by atoms with van der Waals surface area (Å²) >= 11 is 13.2. The number of halogens is 2. The Balaban J connectivity index is 1.60. The van der Waals surface area contributed by atoms with E-state index in [-0.39, 0.29) is 17.5 Å². The zero-order valence-electron chi connectivity index (χ0n) is 16.7. The van der Waals surface area contributed by atoms with E-state index in [1.165, 1.54) is 17.8 Å². The second-order valence-corrected chi connectivity index (χ2v) is 8.26. The van der Waals surface area contributed by atoms with E-state index < -0.39 is 4.92 Å². The lowest BCUT2D eigenvalue weighted by Crippen LogP contribution is -2.15. The minimum atomic E-state index is -0.519. The average molecular weight is 484 g/mol. The number of nitrogens with one attached hydrogen (secondary N) is 1. The first-order valence-electron chi connectivity index (χ1n) is 9.27. The van der Waals surface area contributed by atoms with Crippen molar-refractivity contribution in [1.29, 1.82) is 0 Å². The summed E-state index contributed by atoms with van der Waals surface area (Å²) in [7, 11) is 0. The number of nitro groups is 1. The Morgan fingerprint density at radius 2 is 2.06 bits per heavy atom. The summed E-state index contributed by atoms with van der Waals surface area (Å²) in [6.07, 6.45) is 0.494. The number of nitrogens with zero attached hydrogens (tertiary/aromatic N) is 6. The SMILES string of the molecule is CCn1c(CCn2nc([N+](=O)[O-])cc2C)nnc1SCC(=O)Nc1ccc(Cl)cc1Cl. The van der Waals surface area contributed by atoms with Crippen LogP contribution in [0.1, 0.15) is 18.4 Å². The normalized spacial score (nSPS) is 11.0. The molecule has 0 spiro atoms. The summed E-state index contributed by atoms with van der Waals surface area (Å²) in [5.41, 5.74) is 1.18. The predicted octanol–water partition coefficient (Wildman–Crippen LogP) is 3.99. The standard InChI is InChI=1S/C18H19Cl2N7O3S/c1-3-25-15(6-7-26-11(2)8-16(24-26)27(29)30)22-23-18(25)31-10-17(28)21-14-5-4-12(19)9-13(14)20/h4-5,8-9H,3,6-7,10H2,1-2H3,(H,21,28). The lowest BCUT2D eigenvalue weighted by molar-refractivity contribution is -0.389. The third kappa shape index (κ3) is 5.75. The van der Waals surface area contributed by atoms with E-state index in [1.807, 2.05) is 11.5 Å². The molecular weight excluding hydrogens is 465 g/mol. The van der Waals surface area contributed by atoms with Gasteiger partial charge in [-0.25, -0.2) is 0 Å². The van der Waals surface area contributed by atoms with Crippen LogP contribution in [0.3, 0.4) is 0 Å². The number of benzene rings is 1. The molecule has 1 amide bonds. The molecule has 0 unspecified atom stereocenters. The Morgan fingerprint density at radius 1 is 1.29 bits per heavy atom.